The van der Waals surface area contributed by atoms with Gasteiger partial charge in [0.05, 0.1) is 0 Å². The van der Waals surface area contributed by atoms with Gasteiger partial charge in [-0.3, -0.25) is 4.79 Å². The molecule has 0 saturated heterocycles. The van der Waals surface area contributed by atoms with Gasteiger partial charge in [-0.1, -0.05) is 36.4 Å². The van der Waals surface area contributed by atoms with Gasteiger partial charge >= 0.3 is 0 Å². The second-order valence-electron chi connectivity index (χ2n) is 3.12. The maximum absolute atomic E-state index is 11.6. The molecule has 0 aliphatic rings. The minimum Gasteiger partial charge on any atom is -0.289 e. The first-order chi connectivity index (χ1) is 7.36. The third-order valence-corrected chi connectivity index (χ3v) is 2.72. The zero-order valence-electron chi connectivity index (χ0n) is 8.09. The van der Waals surface area contributed by atoms with Crippen LogP contribution in [-0.4, -0.2) is 5.78 Å². The number of carbonyl (C=O) groups is 1. The van der Waals surface area contributed by atoms with Crippen LogP contribution in [0.3, 0.4) is 0 Å². The molecule has 0 aliphatic carbocycles. The molecule has 0 bridgehead atoms. The third-order valence-electron chi connectivity index (χ3n) is 2.03. The Balaban J connectivity index is 2.10. The van der Waals surface area contributed by atoms with Crippen LogP contribution in [0, 0.1) is 0 Å². The largest absolute Gasteiger partial charge is 0.289 e. The van der Waals surface area contributed by atoms with Gasteiger partial charge in [0.1, 0.15) is 0 Å². The number of rotatable bonds is 3. The third kappa shape index (κ3) is 2.64. The van der Waals surface area contributed by atoms with Gasteiger partial charge < -0.3 is 0 Å². The predicted molar refractivity (Wildman–Crippen MR) is 64.1 cm³/mol. The van der Waals surface area contributed by atoms with Crippen molar-refractivity contribution in [3.8, 4) is 0 Å². The average molecular weight is 214 g/mol. The number of carbonyl (C=O) groups excluding carboxylic acids is 1. The molecular formula is C13H10OS. The Bertz CT molecular complexity index is 455. The van der Waals surface area contributed by atoms with E-state index < -0.39 is 0 Å². The molecule has 0 atom stereocenters. The second-order valence-corrected chi connectivity index (χ2v) is 3.90. The lowest BCUT2D eigenvalue weighted by atomic mass is 10.1. The van der Waals surface area contributed by atoms with Crippen molar-refractivity contribution in [2.24, 2.45) is 0 Å². The van der Waals surface area contributed by atoms with Crippen molar-refractivity contribution in [1.29, 1.82) is 0 Å². The molecule has 2 aromatic rings. The first-order valence-corrected chi connectivity index (χ1v) is 5.60. The number of allylic oxidation sites excluding steroid dienone is 1. The highest BCUT2D eigenvalue weighted by molar-refractivity contribution is 7.08. The monoisotopic (exact) mass is 214 g/mol. The summed E-state index contributed by atoms with van der Waals surface area (Å²) in [6, 6.07) is 11.6. The van der Waals surface area contributed by atoms with Gasteiger partial charge in [0.15, 0.2) is 5.78 Å². The van der Waals surface area contributed by atoms with Gasteiger partial charge in [0, 0.05) is 10.9 Å². The summed E-state index contributed by atoms with van der Waals surface area (Å²) in [4.78, 5) is 11.6. The van der Waals surface area contributed by atoms with Crippen molar-refractivity contribution in [3.63, 3.8) is 0 Å². The minimum absolute atomic E-state index is 0.0557. The molecule has 0 amide bonds. The van der Waals surface area contributed by atoms with Gasteiger partial charge in [-0.15, -0.1) is 0 Å². The highest BCUT2D eigenvalue weighted by atomic mass is 32.1. The van der Waals surface area contributed by atoms with Crippen molar-refractivity contribution in [2.75, 3.05) is 0 Å². The molecule has 2 heteroatoms. The number of thiophene rings is 1. The fourth-order valence-electron chi connectivity index (χ4n) is 1.24. The van der Waals surface area contributed by atoms with E-state index in [0.29, 0.717) is 0 Å². The fraction of sp³-hybridized carbons (Fsp3) is 0. The van der Waals surface area contributed by atoms with E-state index in [2.05, 4.69) is 0 Å². The van der Waals surface area contributed by atoms with Gasteiger partial charge in [0.2, 0.25) is 0 Å². The van der Waals surface area contributed by atoms with Crippen LogP contribution < -0.4 is 0 Å². The topological polar surface area (TPSA) is 17.1 Å². The summed E-state index contributed by atoms with van der Waals surface area (Å²) in [5.41, 5.74) is 1.80. The maximum Gasteiger partial charge on any atom is 0.186 e. The molecule has 0 fully saturated rings. The molecule has 1 aromatic carbocycles. The lowest BCUT2D eigenvalue weighted by molar-refractivity contribution is 0.104. The first kappa shape index (κ1) is 9.87. The Morgan fingerprint density at radius 2 is 1.93 bits per heavy atom. The minimum atomic E-state index is 0.0557. The normalized spacial score (nSPS) is 10.7. The van der Waals surface area contributed by atoms with Crippen molar-refractivity contribution in [1.82, 2.24) is 0 Å². The van der Waals surface area contributed by atoms with Crippen LogP contribution in [0.2, 0.25) is 0 Å². The Morgan fingerprint density at radius 1 is 1.13 bits per heavy atom. The van der Waals surface area contributed by atoms with Crippen LogP contribution in [0.25, 0.3) is 6.08 Å². The molecule has 1 heterocycles. The number of hydrogen-bond donors (Lipinski definition) is 0. The van der Waals surface area contributed by atoms with E-state index in [0.717, 1.165) is 11.1 Å². The van der Waals surface area contributed by atoms with Crippen LogP contribution >= 0.6 is 11.3 Å². The fourth-order valence-corrected chi connectivity index (χ4v) is 1.88. The van der Waals surface area contributed by atoms with Gasteiger partial charge in [0.25, 0.3) is 0 Å². The molecule has 0 saturated carbocycles. The Labute approximate surface area is 92.7 Å². The van der Waals surface area contributed by atoms with Crippen LogP contribution in [0.15, 0.2) is 53.2 Å². The Kier molecular flexibility index (Phi) is 3.10. The zero-order valence-corrected chi connectivity index (χ0v) is 8.91. The molecule has 74 valence electrons. The zero-order chi connectivity index (χ0) is 10.5. The van der Waals surface area contributed by atoms with E-state index in [9.17, 15) is 4.79 Å². The summed E-state index contributed by atoms with van der Waals surface area (Å²) in [7, 11) is 0. The van der Waals surface area contributed by atoms with Gasteiger partial charge in [-0.25, -0.2) is 0 Å². The lowest BCUT2D eigenvalue weighted by Crippen LogP contribution is -1.89. The Morgan fingerprint density at radius 3 is 2.60 bits per heavy atom. The van der Waals surface area contributed by atoms with Crippen LogP contribution in [0.4, 0.5) is 0 Å². The smallest absolute Gasteiger partial charge is 0.186 e. The highest BCUT2D eigenvalue weighted by Gasteiger charge is 2.00. The lowest BCUT2D eigenvalue weighted by Gasteiger charge is -1.91. The summed E-state index contributed by atoms with van der Waals surface area (Å²) >= 11 is 1.53. The van der Waals surface area contributed by atoms with Gasteiger partial charge in [-0.2, -0.15) is 11.3 Å². The van der Waals surface area contributed by atoms with E-state index in [4.69, 9.17) is 0 Å². The SMILES string of the molecule is O=C(/C=C/c1ccccc1)c1ccsc1. The van der Waals surface area contributed by atoms with E-state index in [1.165, 1.54) is 11.3 Å². The van der Waals surface area contributed by atoms with Crippen molar-refractivity contribution in [3.05, 3.63) is 64.4 Å². The van der Waals surface area contributed by atoms with E-state index in [1.54, 1.807) is 6.08 Å². The number of hydrogen-bond acceptors (Lipinski definition) is 2. The number of ketones is 1. The molecule has 1 nitrogen and oxygen atoms in total. The molecule has 0 unspecified atom stereocenters. The second kappa shape index (κ2) is 4.71. The van der Waals surface area contributed by atoms with Crippen LogP contribution in [-0.2, 0) is 0 Å². The molecule has 1 aromatic heterocycles. The highest BCUT2D eigenvalue weighted by Crippen LogP contribution is 2.09. The number of benzene rings is 1. The summed E-state index contributed by atoms with van der Waals surface area (Å²) in [6.07, 6.45) is 3.44. The summed E-state index contributed by atoms with van der Waals surface area (Å²) in [5.74, 6) is 0.0557. The molecule has 15 heavy (non-hydrogen) atoms. The van der Waals surface area contributed by atoms with E-state index in [-0.39, 0.29) is 5.78 Å². The van der Waals surface area contributed by atoms with Crippen molar-refractivity contribution < 1.29 is 4.79 Å². The maximum atomic E-state index is 11.6. The van der Waals surface area contributed by atoms with E-state index >= 15 is 0 Å². The molecule has 2 rings (SSSR count). The molecule has 0 N–H and O–H groups in total. The summed E-state index contributed by atoms with van der Waals surface area (Å²) < 4.78 is 0. The summed E-state index contributed by atoms with van der Waals surface area (Å²) in [5, 5.41) is 3.77. The predicted octanol–water partition coefficient (Wildman–Crippen LogP) is 3.64. The first-order valence-electron chi connectivity index (χ1n) is 4.66. The quantitative estimate of drug-likeness (QED) is 0.563. The van der Waals surface area contributed by atoms with Crippen molar-refractivity contribution in [2.45, 2.75) is 0 Å². The Hall–Kier alpha value is -1.67. The molecule has 0 aliphatic heterocycles. The van der Waals surface area contributed by atoms with E-state index in [1.807, 2.05) is 53.2 Å². The standard InChI is InChI=1S/C13H10OS/c14-13(12-8-9-15-10-12)7-6-11-4-2-1-3-5-11/h1-10H/b7-6+. The van der Waals surface area contributed by atoms with Gasteiger partial charge in [-0.05, 0) is 23.1 Å². The summed E-state index contributed by atoms with van der Waals surface area (Å²) in [6.45, 7) is 0. The van der Waals surface area contributed by atoms with Crippen LogP contribution in [0.1, 0.15) is 15.9 Å². The van der Waals surface area contributed by atoms with Crippen LogP contribution in [0.5, 0.6) is 0 Å². The average Bonchev–Trinajstić information content (AvgIpc) is 2.81. The molecular weight excluding hydrogens is 204 g/mol. The molecule has 0 spiro atoms. The molecule has 0 radical (unpaired) electrons. The van der Waals surface area contributed by atoms with Crippen molar-refractivity contribution >= 4 is 23.2 Å².